The number of likely N-dealkylation sites (tertiary alicyclic amines) is 1. The molecule has 0 spiro atoms. The molecule has 2 atom stereocenters. The van der Waals surface area contributed by atoms with Crippen LogP contribution in [0.2, 0.25) is 0 Å². The summed E-state index contributed by atoms with van der Waals surface area (Å²) in [6.07, 6.45) is 2.58. The number of aromatic nitrogens is 1. The van der Waals surface area contributed by atoms with E-state index in [2.05, 4.69) is 21.7 Å². The van der Waals surface area contributed by atoms with Gasteiger partial charge in [0.1, 0.15) is 5.76 Å². The van der Waals surface area contributed by atoms with Crippen LogP contribution < -0.4 is 5.32 Å². The molecule has 2 aliphatic heterocycles. The Bertz CT molecular complexity index is 613. The van der Waals surface area contributed by atoms with Crippen molar-refractivity contribution < 1.29 is 4.42 Å². The zero-order valence-electron chi connectivity index (χ0n) is 12.7. The number of hydrogen-bond donors (Lipinski definition) is 1. The van der Waals surface area contributed by atoms with Gasteiger partial charge in [0, 0.05) is 25.7 Å². The molecule has 0 aromatic carbocycles. The Morgan fingerprint density at radius 3 is 3.18 bits per heavy atom. The minimum Gasteiger partial charge on any atom is -0.440 e. The van der Waals surface area contributed by atoms with Crippen molar-refractivity contribution in [3.63, 3.8) is 0 Å². The average molecular weight is 340 g/mol. The molecule has 0 aliphatic carbocycles. The number of oxazole rings is 1. The third-order valence-corrected chi connectivity index (χ3v) is 5.60. The molecule has 1 N–H and O–H groups in total. The largest absolute Gasteiger partial charge is 0.440 e. The molecule has 4 nitrogen and oxygen atoms in total. The topological polar surface area (TPSA) is 41.3 Å². The zero-order valence-corrected chi connectivity index (χ0v) is 14.4. The molecular weight excluding hydrogens is 318 g/mol. The van der Waals surface area contributed by atoms with Gasteiger partial charge in [0.25, 0.3) is 0 Å². The van der Waals surface area contributed by atoms with E-state index in [-0.39, 0.29) is 12.4 Å². The highest BCUT2D eigenvalue weighted by atomic mass is 35.5. The molecular formula is C16H22ClN3OS. The second kappa shape index (κ2) is 6.71. The summed E-state index contributed by atoms with van der Waals surface area (Å²) in [6, 6.07) is 4.85. The van der Waals surface area contributed by atoms with Gasteiger partial charge in [0.05, 0.1) is 10.6 Å². The lowest BCUT2D eigenvalue weighted by molar-refractivity contribution is 0.154. The molecule has 2 saturated heterocycles. The first-order valence-electron chi connectivity index (χ1n) is 7.75. The molecule has 22 heavy (non-hydrogen) atoms. The summed E-state index contributed by atoms with van der Waals surface area (Å²) in [7, 11) is 0. The van der Waals surface area contributed by atoms with E-state index in [1.165, 1.54) is 25.9 Å². The highest BCUT2D eigenvalue weighted by molar-refractivity contribution is 7.13. The molecule has 2 aliphatic rings. The van der Waals surface area contributed by atoms with Crippen LogP contribution in [0, 0.1) is 12.8 Å². The molecule has 0 saturated carbocycles. The van der Waals surface area contributed by atoms with Crippen molar-refractivity contribution in [1.82, 2.24) is 15.2 Å². The molecule has 0 radical (unpaired) electrons. The molecule has 2 aromatic rings. The van der Waals surface area contributed by atoms with Crippen molar-refractivity contribution in [3.8, 4) is 10.8 Å². The van der Waals surface area contributed by atoms with Gasteiger partial charge >= 0.3 is 0 Å². The Morgan fingerprint density at radius 2 is 2.36 bits per heavy atom. The molecule has 2 aromatic heterocycles. The Balaban J connectivity index is 0.00000144. The first-order valence-corrected chi connectivity index (χ1v) is 8.63. The molecule has 4 rings (SSSR count). The molecule has 2 unspecified atom stereocenters. The molecule has 0 bridgehead atoms. The fraction of sp³-hybridized carbons (Fsp3) is 0.562. The normalized spacial score (nSPS) is 25.0. The van der Waals surface area contributed by atoms with Gasteiger partial charge in [-0.2, -0.15) is 0 Å². The second-order valence-electron chi connectivity index (χ2n) is 6.13. The van der Waals surface area contributed by atoms with Crippen molar-refractivity contribution in [3.05, 3.63) is 29.0 Å². The van der Waals surface area contributed by atoms with Crippen LogP contribution >= 0.6 is 23.7 Å². The Morgan fingerprint density at radius 1 is 1.45 bits per heavy atom. The third kappa shape index (κ3) is 3.08. The van der Waals surface area contributed by atoms with Gasteiger partial charge < -0.3 is 9.73 Å². The Kier molecular flexibility index (Phi) is 4.88. The minimum atomic E-state index is 0. The number of thiophene rings is 1. The number of halogens is 1. The maximum atomic E-state index is 5.85. The number of nitrogens with one attached hydrogen (secondary N) is 1. The van der Waals surface area contributed by atoms with Crippen LogP contribution in [0.4, 0.5) is 0 Å². The zero-order chi connectivity index (χ0) is 14.2. The first-order chi connectivity index (χ1) is 10.3. The van der Waals surface area contributed by atoms with E-state index in [1.807, 2.05) is 13.0 Å². The van der Waals surface area contributed by atoms with Crippen LogP contribution in [0.25, 0.3) is 10.8 Å². The predicted octanol–water partition coefficient (Wildman–Crippen LogP) is 3.32. The van der Waals surface area contributed by atoms with Gasteiger partial charge in [-0.3, -0.25) is 4.90 Å². The van der Waals surface area contributed by atoms with E-state index in [0.29, 0.717) is 0 Å². The SMILES string of the molecule is Cc1oc(-c2cccs2)nc1CN1CCC2NCCC2C1.Cl. The minimum absolute atomic E-state index is 0. The van der Waals surface area contributed by atoms with Crippen molar-refractivity contribution in [2.24, 2.45) is 5.92 Å². The monoisotopic (exact) mass is 339 g/mol. The number of hydrogen-bond acceptors (Lipinski definition) is 5. The van der Waals surface area contributed by atoms with Crippen LogP contribution in [0.5, 0.6) is 0 Å². The smallest absolute Gasteiger partial charge is 0.236 e. The quantitative estimate of drug-likeness (QED) is 0.931. The number of piperidine rings is 1. The lowest BCUT2D eigenvalue weighted by Gasteiger charge is -2.34. The van der Waals surface area contributed by atoms with Crippen LogP contribution in [0.1, 0.15) is 24.3 Å². The fourth-order valence-electron chi connectivity index (χ4n) is 3.56. The van der Waals surface area contributed by atoms with Crippen molar-refractivity contribution in [1.29, 1.82) is 0 Å². The molecule has 4 heterocycles. The van der Waals surface area contributed by atoms with Crippen molar-refractivity contribution in [2.75, 3.05) is 19.6 Å². The van der Waals surface area contributed by atoms with E-state index >= 15 is 0 Å². The summed E-state index contributed by atoms with van der Waals surface area (Å²) in [5.74, 6) is 2.56. The summed E-state index contributed by atoms with van der Waals surface area (Å²) in [5.41, 5.74) is 1.10. The maximum Gasteiger partial charge on any atom is 0.236 e. The average Bonchev–Trinajstić information content (AvgIpc) is 3.20. The van der Waals surface area contributed by atoms with E-state index in [4.69, 9.17) is 9.40 Å². The summed E-state index contributed by atoms with van der Waals surface area (Å²) >= 11 is 1.68. The first kappa shape index (κ1) is 16.0. The van der Waals surface area contributed by atoms with Crippen molar-refractivity contribution in [2.45, 2.75) is 32.4 Å². The Hall–Kier alpha value is -0.880. The summed E-state index contributed by atoms with van der Waals surface area (Å²) in [6.45, 7) is 6.50. The van der Waals surface area contributed by atoms with Gasteiger partial charge in [-0.15, -0.1) is 23.7 Å². The standard InChI is InChI=1S/C16H21N3OS.ClH/c1-11-14(18-16(20-11)15-3-2-8-21-15)10-19-7-5-13-12(9-19)4-6-17-13;/h2-3,8,12-13,17H,4-7,9-10H2,1H3;1H. The van der Waals surface area contributed by atoms with Crippen LogP contribution in [-0.2, 0) is 6.54 Å². The summed E-state index contributed by atoms with van der Waals surface area (Å²) < 4.78 is 5.85. The second-order valence-corrected chi connectivity index (χ2v) is 7.08. The van der Waals surface area contributed by atoms with E-state index in [0.717, 1.165) is 47.3 Å². The Labute approximate surface area is 141 Å². The molecule has 120 valence electrons. The molecule has 6 heteroatoms. The van der Waals surface area contributed by atoms with Gasteiger partial charge in [0.2, 0.25) is 5.89 Å². The number of aryl methyl sites for hydroxylation is 1. The van der Waals surface area contributed by atoms with Crippen molar-refractivity contribution >= 4 is 23.7 Å². The van der Waals surface area contributed by atoms with Gasteiger partial charge in [0.15, 0.2) is 0 Å². The van der Waals surface area contributed by atoms with Crippen LogP contribution in [0.3, 0.4) is 0 Å². The fourth-order valence-corrected chi connectivity index (χ4v) is 4.21. The predicted molar refractivity (Wildman–Crippen MR) is 91.6 cm³/mol. The van der Waals surface area contributed by atoms with Gasteiger partial charge in [-0.25, -0.2) is 4.98 Å². The number of fused-ring (bicyclic) bond motifs is 1. The number of nitrogens with zero attached hydrogens (tertiary/aromatic N) is 2. The molecule has 0 amide bonds. The maximum absolute atomic E-state index is 5.85. The third-order valence-electron chi connectivity index (χ3n) is 4.74. The van der Waals surface area contributed by atoms with Gasteiger partial charge in [-0.1, -0.05) is 6.07 Å². The van der Waals surface area contributed by atoms with Crippen LogP contribution in [-0.4, -0.2) is 35.6 Å². The van der Waals surface area contributed by atoms with Crippen LogP contribution in [0.15, 0.2) is 21.9 Å². The van der Waals surface area contributed by atoms with Gasteiger partial charge in [-0.05, 0) is 43.7 Å². The van der Waals surface area contributed by atoms with E-state index in [9.17, 15) is 0 Å². The summed E-state index contributed by atoms with van der Waals surface area (Å²) in [5, 5.41) is 5.68. The van der Waals surface area contributed by atoms with E-state index in [1.54, 1.807) is 11.3 Å². The number of rotatable bonds is 3. The highest BCUT2D eigenvalue weighted by Crippen LogP contribution is 2.29. The lowest BCUT2D eigenvalue weighted by atomic mass is 9.93. The highest BCUT2D eigenvalue weighted by Gasteiger charge is 2.32. The summed E-state index contributed by atoms with van der Waals surface area (Å²) in [4.78, 5) is 8.37. The van der Waals surface area contributed by atoms with E-state index < -0.39 is 0 Å². The lowest BCUT2D eigenvalue weighted by Crippen LogP contribution is -2.44. The molecule has 2 fully saturated rings.